The Kier molecular flexibility index (Phi) is 5.40. The lowest BCUT2D eigenvalue weighted by Gasteiger charge is -2.11. The second-order valence-corrected chi connectivity index (χ2v) is 6.03. The minimum absolute atomic E-state index is 0.112. The zero-order valence-corrected chi connectivity index (χ0v) is 15.0. The Balaban J connectivity index is 2.08. The molecule has 28 heavy (non-hydrogen) atoms. The maximum absolute atomic E-state index is 14.2. The summed E-state index contributed by atoms with van der Waals surface area (Å²) in [6, 6.07) is 7.40. The number of pyridine rings is 2. The molecule has 0 aliphatic heterocycles. The first-order valence-corrected chi connectivity index (χ1v) is 8.41. The SMILES string of the molecule is C=C/C(=C\C)c1cncc(-c2ccnc(-c3cc(C(F)(F)F)ccc3F)c2)c1. The number of benzene rings is 1. The van der Waals surface area contributed by atoms with Crippen molar-refractivity contribution in [3.63, 3.8) is 0 Å². The van der Waals surface area contributed by atoms with Crippen molar-refractivity contribution in [2.45, 2.75) is 13.1 Å². The standard InChI is InChI=1S/C22H16F4N2/c1-3-14(4-2)16-9-17(13-27-12-16)15-7-8-28-21(10-15)19-11-18(22(24,25)26)5-6-20(19)23/h3-13H,1H2,2H3/b14-4+. The Morgan fingerprint density at radius 2 is 1.82 bits per heavy atom. The molecule has 0 amide bonds. The Bertz CT molecular complexity index is 1050. The molecule has 0 aliphatic carbocycles. The second-order valence-electron chi connectivity index (χ2n) is 6.03. The van der Waals surface area contributed by atoms with Crippen molar-refractivity contribution in [3.8, 4) is 22.4 Å². The molecule has 0 spiro atoms. The number of hydrogen-bond acceptors (Lipinski definition) is 2. The lowest BCUT2D eigenvalue weighted by Crippen LogP contribution is -2.05. The summed E-state index contributed by atoms with van der Waals surface area (Å²) in [6.07, 6.45) is 3.78. The van der Waals surface area contributed by atoms with Gasteiger partial charge in [-0.05, 0) is 54.5 Å². The summed E-state index contributed by atoms with van der Waals surface area (Å²) >= 11 is 0. The Hall–Kier alpha value is -3.28. The third-order valence-electron chi connectivity index (χ3n) is 4.27. The Morgan fingerprint density at radius 3 is 2.50 bits per heavy atom. The monoisotopic (exact) mass is 384 g/mol. The molecule has 3 aromatic rings. The second kappa shape index (κ2) is 7.76. The summed E-state index contributed by atoms with van der Waals surface area (Å²) in [6.45, 7) is 5.64. The molecule has 0 fully saturated rings. The highest BCUT2D eigenvalue weighted by Gasteiger charge is 2.31. The molecular weight excluding hydrogens is 368 g/mol. The Morgan fingerprint density at radius 1 is 1.04 bits per heavy atom. The number of nitrogens with zero attached hydrogens (tertiary/aromatic N) is 2. The van der Waals surface area contributed by atoms with Gasteiger partial charge in [-0.15, -0.1) is 0 Å². The van der Waals surface area contributed by atoms with Gasteiger partial charge in [-0.2, -0.15) is 13.2 Å². The van der Waals surface area contributed by atoms with Crippen molar-refractivity contribution in [1.29, 1.82) is 0 Å². The normalized spacial score (nSPS) is 12.1. The van der Waals surface area contributed by atoms with E-state index in [9.17, 15) is 17.6 Å². The van der Waals surface area contributed by atoms with Gasteiger partial charge in [0.1, 0.15) is 5.82 Å². The minimum atomic E-state index is -4.56. The molecule has 0 saturated heterocycles. The van der Waals surface area contributed by atoms with E-state index in [2.05, 4.69) is 16.5 Å². The molecular formula is C22H16F4N2. The minimum Gasteiger partial charge on any atom is -0.263 e. The van der Waals surface area contributed by atoms with Crippen LogP contribution in [0.2, 0.25) is 0 Å². The van der Waals surface area contributed by atoms with E-state index in [4.69, 9.17) is 0 Å². The molecule has 6 heteroatoms. The lowest BCUT2D eigenvalue weighted by atomic mass is 10.00. The molecule has 1 aromatic carbocycles. The highest BCUT2D eigenvalue weighted by molar-refractivity contribution is 5.77. The van der Waals surface area contributed by atoms with E-state index in [1.54, 1.807) is 30.6 Å². The van der Waals surface area contributed by atoms with Gasteiger partial charge in [-0.25, -0.2) is 4.39 Å². The average molecular weight is 384 g/mol. The third kappa shape index (κ3) is 4.01. The van der Waals surface area contributed by atoms with Gasteiger partial charge in [-0.3, -0.25) is 9.97 Å². The van der Waals surface area contributed by atoms with Gasteiger partial charge in [0.2, 0.25) is 0 Å². The van der Waals surface area contributed by atoms with Gasteiger partial charge in [0.05, 0.1) is 11.3 Å². The molecule has 0 radical (unpaired) electrons. The smallest absolute Gasteiger partial charge is 0.263 e. The van der Waals surface area contributed by atoms with E-state index in [1.165, 1.54) is 6.20 Å². The molecule has 142 valence electrons. The molecule has 2 aromatic heterocycles. The van der Waals surface area contributed by atoms with Crippen LogP contribution in [0.3, 0.4) is 0 Å². The van der Waals surface area contributed by atoms with Gasteiger partial charge in [-0.1, -0.05) is 18.7 Å². The van der Waals surface area contributed by atoms with E-state index >= 15 is 0 Å². The van der Waals surface area contributed by atoms with Crippen LogP contribution in [-0.2, 0) is 6.18 Å². The molecule has 0 aliphatic rings. The van der Waals surface area contributed by atoms with Crippen molar-refractivity contribution in [2.75, 3.05) is 0 Å². The van der Waals surface area contributed by atoms with Crippen LogP contribution in [0.25, 0.3) is 28.0 Å². The number of alkyl halides is 3. The molecule has 2 heterocycles. The van der Waals surface area contributed by atoms with Gasteiger partial charge >= 0.3 is 6.18 Å². The van der Waals surface area contributed by atoms with Crippen LogP contribution < -0.4 is 0 Å². The molecule has 3 rings (SSSR count). The van der Waals surface area contributed by atoms with E-state index in [0.717, 1.165) is 28.8 Å². The highest BCUT2D eigenvalue weighted by Crippen LogP contribution is 2.34. The zero-order chi connectivity index (χ0) is 20.3. The van der Waals surface area contributed by atoms with Crippen LogP contribution in [0.5, 0.6) is 0 Å². The van der Waals surface area contributed by atoms with E-state index in [-0.39, 0.29) is 11.3 Å². The molecule has 0 saturated carbocycles. The predicted octanol–water partition coefficient (Wildman–Crippen LogP) is 6.56. The summed E-state index contributed by atoms with van der Waals surface area (Å²) in [4.78, 5) is 8.27. The fourth-order valence-electron chi connectivity index (χ4n) is 2.81. The number of allylic oxidation sites excluding steroid dienone is 3. The highest BCUT2D eigenvalue weighted by atomic mass is 19.4. The zero-order valence-electron chi connectivity index (χ0n) is 15.0. The number of halogens is 4. The van der Waals surface area contributed by atoms with Crippen LogP contribution in [0.1, 0.15) is 18.1 Å². The molecule has 0 N–H and O–H groups in total. The summed E-state index contributed by atoms with van der Waals surface area (Å²) in [5, 5.41) is 0. The fraction of sp³-hybridized carbons (Fsp3) is 0.0909. The topological polar surface area (TPSA) is 25.8 Å². The molecule has 2 nitrogen and oxygen atoms in total. The molecule has 0 bridgehead atoms. The maximum atomic E-state index is 14.2. The first kappa shape index (κ1) is 19.5. The average Bonchev–Trinajstić information content (AvgIpc) is 2.69. The number of aromatic nitrogens is 2. The van der Waals surface area contributed by atoms with Crippen LogP contribution in [-0.4, -0.2) is 9.97 Å². The Labute approximate surface area is 159 Å². The summed E-state index contributed by atoms with van der Waals surface area (Å²) in [5.41, 5.74) is 2.11. The van der Waals surface area contributed by atoms with Gasteiger partial charge in [0.15, 0.2) is 0 Å². The third-order valence-corrected chi connectivity index (χ3v) is 4.27. The first-order valence-electron chi connectivity index (χ1n) is 8.41. The molecule has 0 atom stereocenters. The summed E-state index contributed by atoms with van der Waals surface area (Å²) in [7, 11) is 0. The van der Waals surface area contributed by atoms with Gasteiger partial charge in [0, 0.05) is 35.3 Å². The molecule has 0 unspecified atom stereocenters. The van der Waals surface area contributed by atoms with E-state index in [1.807, 2.05) is 19.1 Å². The van der Waals surface area contributed by atoms with Crippen molar-refractivity contribution < 1.29 is 17.6 Å². The van der Waals surface area contributed by atoms with Crippen molar-refractivity contribution in [2.24, 2.45) is 0 Å². The van der Waals surface area contributed by atoms with Gasteiger partial charge < -0.3 is 0 Å². The quantitative estimate of drug-likeness (QED) is 0.376. The predicted molar refractivity (Wildman–Crippen MR) is 102 cm³/mol. The van der Waals surface area contributed by atoms with Crippen molar-refractivity contribution in [3.05, 3.63) is 90.7 Å². The lowest BCUT2D eigenvalue weighted by molar-refractivity contribution is -0.137. The van der Waals surface area contributed by atoms with E-state index in [0.29, 0.717) is 11.6 Å². The summed E-state index contributed by atoms with van der Waals surface area (Å²) in [5.74, 6) is -0.771. The van der Waals surface area contributed by atoms with Crippen LogP contribution in [0.4, 0.5) is 17.6 Å². The van der Waals surface area contributed by atoms with Crippen LogP contribution in [0.15, 0.2) is 73.7 Å². The van der Waals surface area contributed by atoms with Crippen LogP contribution in [0, 0.1) is 5.82 Å². The largest absolute Gasteiger partial charge is 0.416 e. The summed E-state index contributed by atoms with van der Waals surface area (Å²) < 4.78 is 53.1. The van der Waals surface area contributed by atoms with Gasteiger partial charge in [0.25, 0.3) is 0 Å². The number of hydrogen-bond donors (Lipinski definition) is 0. The maximum Gasteiger partial charge on any atom is 0.416 e. The van der Waals surface area contributed by atoms with Crippen molar-refractivity contribution >= 4 is 5.57 Å². The first-order chi connectivity index (χ1) is 13.3. The van der Waals surface area contributed by atoms with Crippen molar-refractivity contribution in [1.82, 2.24) is 9.97 Å². The fourth-order valence-corrected chi connectivity index (χ4v) is 2.81. The van der Waals surface area contributed by atoms with Crippen LogP contribution >= 0.6 is 0 Å². The van der Waals surface area contributed by atoms with E-state index < -0.39 is 17.6 Å². The number of rotatable bonds is 4.